The van der Waals surface area contributed by atoms with Gasteiger partial charge in [-0.2, -0.15) is 0 Å². The standard InChI is InChI=1S/C18H25N3O4/c1-3-13-18(23)21(17-14(25-13)8-9-15(19)20-17)10-16(22)24-12-6-4-11(2)5-7-12/h8-9,11-13H,3-7,10H2,1-2H3,(H2,19,20). The van der Waals surface area contributed by atoms with Crippen molar-refractivity contribution in [2.75, 3.05) is 17.2 Å². The molecule has 1 atom stereocenters. The minimum Gasteiger partial charge on any atom is -0.477 e. The minimum atomic E-state index is -0.624. The number of amides is 1. The van der Waals surface area contributed by atoms with Gasteiger partial charge in [-0.3, -0.25) is 14.5 Å². The first kappa shape index (κ1) is 17.5. The molecule has 1 unspecified atom stereocenters. The van der Waals surface area contributed by atoms with Gasteiger partial charge in [0.1, 0.15) is 18.5 Å². The van der Waals surface area contributed by atoms with Crippen LogP contribution >= 0.6 is 0 Å². The van der Waals surface area contributed by atoms with Gasteiger partial charge in [0, 0.05) is 0 Å². The van der Waals surface area contributed by atoms with E-state index in [1.807, 2.05) is 6.92 Å². The molecule has 0 radical (unpaired) electrons. The monoisotopic (exact) mass is 347 g/mol. The second-order valence-corrected chi connectivity index (χ2v) is 6.87. The van der Waals surface area contributed by atoms with E-state index in [9.17, 15) is 9.59 Å². The van der Waals surface area contributed by atoms with Crippen LogP contribution in [0, 0.1) is 5.92 Å². The molecule has 0 aromatic carbocycles. The van der Waals surface area contributed by atoms with Crippen molar-refractivity contribution in [2.45, 2.75) is 58.2 Å². The number of hydrogen-bond acceptors (Lipinski definition) is 6. The van der Waals surface area contributed by atoms with Gasteiger partial charge >= 0.3 is 5.97 Å². The van der Waals surface area contributed by atoms with Crippen molar-refractivity contribution in [2.24, 2.45) is 5.92 Å². The van der Waals surface area contributed by atoms with Crippen LogP contribution in [0.15, 0.2) is 12.1 Å². The van der Waals surface area contributed by atoms with Crippen LogP contribution in [0.5, 0.6) is 5.75 Å². The van der Waals surface area contributed by atoms with E-state index in [0.29, 0.717) is 18.1 Å². The van der Waals surface area contributed by atoms with Crippen LogP contribution in [0.2, 0.25) is 0 Å². The molecule has 25 heavy (non-hydrogen) atoms. The van der Waals surface area contributed by atoms with Gasteiger partial charge in [-0.15, -0.1) is 0 Å². The Morgan fingerprint density at radius 2 is 2.08 bits per heavy atom. The van der Waals surface area contributed by atoms with Gasteiger partial charge in [0.15, 0.2) is 17.7 Å². The van der Waals surface area contributed by atoms with E-state index in [2.05, 4.69) is 11.9 Å². The number of ether oxygens (including phenoxy) is 2. The molecule has 3 rings (SSSR count). The van der Waals surface area contributed by atoms with E-state index in [4.69, 9.17) is 15.2 Å². The van der Waals surface area contributed by atoms with Gasteiger partial charge in [0.05, 0.1) is 0 Å². The highest BCUT2D eigenvalue weighted by molar-refractivity contribution is 6.02. The zero-order valence-corrected chi connectivity index (χ0v) is 14.7. The molecule has 0 spiro atoms. The fourth-order valence-corrected chi connectivity index (χ4v) is 3.33. The maximum absolute atomic E-state index is 12.6. The highest BCUT2D eigenvalue weighted by atomic mass is 16.5. The fraction of sp³-hybridized carbons (Fsp3) is 0.611. The molecular weight excluding hydrogens is 322 g/mol. The van der Waals surface area contributed by atoms with Gasteiger partial charge in [-0.1, -0.05) is 13.8 Å². The van der Waals surface area contributed by atoms with Crippen LogP contribution in [0.1, 0.15) is 46.0 Å². The minimum absolute atomic E-state index is 0.0601. The third kappa shape index (κ3) is 3.86. The summed E-state index contributed by atoms with van der Waals surface area (Å²) in [5, 5.41) is 0. The number of nitrogens with two attached hydrogens (primary N) is 1. The zero-order chi connectivity index (χ0) is 18.0. The first-order valence-corrected chi connectivity index (χ1v) is 8.92. The highest BCUT2D eigenvalue weighted by Crippen LogP contribution is 2.34. The predicted octanol–water partition coefficient (Wildman–Crippen LogP) is 2.29. The predicted molar refractivity (Wildman–Crippen MR) is 93.2 cm³/mol. The third-order valence-corrected chi connectivity index (χ3v) is 4.85. The van der Waals surface area contributed by atoms with E-state index in [-0.39, 0.29) is 30.2 Å². The maximum Gasteiger partial charge on any atom is 0.326 e. The lowest BCUT2D eigenvalue weighted by atomic mass is 9.89. The average molecular weight is 347 g/mol. The normalized spacial score (nSPS) is 25.9. The number of hydrogen-bond donors (Lipinski definition) is 1. The number of aromatic nitrogens is 1. The van der Waals surface area contributed by atoms with Crippen LogP contribution in [0.4, 0.5) is 11.6 Å². The number of rotatable bonds is 4. The van der Waals surface area contributed by atoms with Crippen molar-refractivity contribution in [3.8, 4) is 5.75 Å². The van der Waals surface area contributed by atoms with Crippen molar-refractivity contribution in [3.63, 3.8) is 0 Å². The molecule has 1 aromatic rings. The molecule has 2 N–H and O–H groups in total. The Balaban J connectivity index is 1.72. The Morgan fingerprint density at radius 3 is 2.76 bits per heavy atom. The topological polar surface area (TPSA) is 94.8 Å². The summed E-state index contributed by atoms with van der Waals surface area (Å²) >= 11 is 0. The molecule has 1 amide bonds. The summed E-state index contributed by atoms with van der Waals surface area (Å²) in [4.78, 5) is 30.5. The second kappa shape index (κ2) is 7.29. The Bertz CT molecular complexity index is 656. The van der Waals surface area contributed by atoms with Gasteiger partial charge in [-0.25, -0.2) is 4.98 Å². The third-order valence-electron chi connectivity index (χ3n) is 4.85. The largest absolute Gasteiger partial charge is 0.477 e. The summed E-state index contributed by atoms with van der Waals surface area (Å²) < 4.78 is 11.2. The number of carbonyl (C=O) groups is 2. The number of nitrogen functional groups attached to an aromatic ring is 1. The van der Waals surface area contributed by atoms with Crippen molar-refractivity contribution < 1.29 is 19.1 Å². The van der Waals surface area contributed by atoms with E-state index in [1.54, 1.807) is 12.1 Å². The van der Waals surface area contributed by atoms with Crippen molar-refractivity contribution in [1.29, 1.82) is 0 Å². The van der Waals surface area contributed by atoms with E-state index >= 15 is 0 Å². The number of pyridine rings is 1. The van der Waals surface area contributed by atoms with Crippen LogP contribution in [0.3, 0.4) is 0 Å². The molecule has 2 heterocycles. The molecule has 1 fully saturated rings. The molecule has 1 aliphatic carbocycles. The van der Waals surface area contributed by atoms with Crippen molar-refractivity contribution in [1.82, 2.24) is 4.98 Å². The fourth-order valence-electron chi connectivity index (χ4n) is 3.33. The molecule has 1 aromatic heterocycles. The molecular formula is C18H25N3O4. The number of anilines is 2. The maximum atomic E-state index is 12.6. The lowest BCUT2D eigenvalue weighted by molar-refractivity contribution is -0.150. The van der Waals surface area contributed by atoms with Gasteiger partial charge in [0.25, 0.3) is 5.91 Å². The zero-order valence-electron chi connectivity index (χ0n) is 14.7. The SMILES string of the molecule is CCC1Oc2ccc(N)nc2N(CC(=O)OC2CCC(C)CC2)C1=O. The Hall–Kier alpha value is -2.31. The van der Waals surface area contributed by atoms with E-state index in [1.165, 1.54) is 4.90 Å². The lowest BCUT2D eigenvalue weighted by Crippen LogP contribution is -2.48. The van der Waals surface area contributed by atoms with Crippen LogP contribution in [-0.4, -0.2) is 35.6 Å². The van der Waals surface area contributed by atoms with Gasteiger partial charge in [0.2, 0.25) is 0 Å². The summed E-state index contributed by atoms with van der Waals surface area (Å²) in [7, 11) is 0. The van der Waals surface area contributed by atoms with Crippen molar-refractivity contribution in [3.05, 3.63) is 12.1 Å². The Kier molecular flexibility index (Phi) is 5.11. The number of carbonyl (C=O) groups excluding carboxylic acids is 2. The number of fused-ring (bicyclic) bond motifs is 1. The molecule has 0 bridgehead atoms. The first-order valence-electron chi connectivity index (χ1n) is 8.92. The molecule has 136 valence electrons. The molecule has 0 saturated heterocycles. The molecule has 1 saturated carbocycles. The van der Waals surface area contributed by atoms with E-state index < -0.39 is 12.1 Å². The smallest absolute Gasteiger partial charge is 0.326 e. The van der Waals surface area contributed by atoms with Gasteiger partial charge in [-0.05, 0) is 50.2 Å². The summed E-state index contributed by atoms with van der Waals surface area (Å²) in [6.45, 7) is 3.90. The van der Waals surface area contributed by atoms with Crippen LogP contribution in [0.25, 0.3) is 0 Å². The van der Waals surface area contributed by atoms with Crippen molar-refractivity contribution >= 4 is 23.5 Å². The van der Waals surface area contributed by atoms with Gasteiger partial charge < -0.3 is 15.2 Å². The van der Waals surface area contributed by atoms with Crippen LogP contribution in [-0.2, 0) is 14.3 Å². The number of esters is 1. The van der Waals surface area contributed by atoms with Crippen LogP contribution < -0.4 is 15.4 Å². The average Bonchev–Trinajstić information content (AvgIpc) is 2.59. The molecule has 7 heteroatoms. The lowest BCUT2D eigenvalue weighted by Gasteiger charge is -2.33. The molecule has 2 aliphatic rings. The summed E-state index contributed by atoms with van der Waals surface area (Å²) in [5.74, 6) is 0.982. The summed E-state index contributed by atoms with van der Waals surface area (Å²) in [6.07, 6.45) is 3.71. The first-order chi connectivity index (χ1) is 12.0. The Morgan fingerprint density at radius 1 is 1.36 bits per heavy atom. The second-order valence-electron chi connectivity index (χ2n) is 6.87. The molecule has 1 aliphatic heterocycles. The summed E-state index contributed by atoms with van der Waals surface area (Å²) in [5.41, 5.74) is 5.73. The number of nitrogens with zero attached hydrogens (tertiary/aromatic N) is 2. The quantitative estimate of drug-likeness (QED) is 0.840. The molecule has 7 nitrogen and oxygen atoms in total. The van der Waals surface area contributed by atoms with E-state index in [0.717, 1.165) is 25.7 Å². The highest BCUT2D eigenvalue weighted by Gasteiger charge is 2.36. The Labute approximate surface area is 147 Å². The summed E-state index contributed by atoms with van der Waals surface area (Å²) in [6, 6.07) is 3.29.